The van der Waals surface area contributed by atoms with Gasteiger partial charge in [0.1, 0.15) is 5.82 Å². The highest BCUT2D eigenvalue weighted by Crippen LogP contribution is 2.41. The summed E-state index contributed by atoms with van der Waals surface area (Å²) in [5.41, 5.74) is 2.08. The monoisotopic (exact) mass is 424 g/mol. The van der Waals surface area contributed by atoms with E-state index in [-0.39, 0.29) is 16.9 Å². The summed E-state index contributed by atoms with van der Waals surface area (Å²) in [6.07, 6.45) is 12.1. The zero-order valence-corrected chi connectivity index (χ0v) is 18.3. The van der Waals surface area contributed by atoms with E-state index in [1.807, 2.05) is 6.07 Å². The van der Waals surface area contributed by atoms with Crippen molar-refractivity contribution >= 4 is 0 Å². The number of fused-ring (bicyclic) bond motifs is 1. The molecule has 0 heterocycles. The number of hydrogen-bond acceptors (Lipinski definition) is 0. The van der Waals surface area contributed by atoms with Gasteiger partial charge in [-0.25, -0.2) is 13.2 Å². The van der Waals surface area contributed by atoms with Crippen molar-refractivity contribution in [2.75, 3.05) is 0 Å². The smallest absolute Gasteiger partial charge is 0.174 e. The summed E-state index contributed by atoms with van der Waals surface area (Å²) < 4.78 is 42.3. The van der Waals surface area contributed by atoms with Crippen molar-refractivity contribution in [3.63, 3.8) is 0 Å². The van der Waals surface area contributed by atoms with Gasteiger partial charge in [-0.3, -0.25) is 0 Å². The molecule has 31 heavy (non-hydrogen) atoms. The van der Waals surface area contributed by atoms with Gasteiger partial charge in [0.05, 0.1) is 11.1 Å². The minimum atomic E-state index is -0.986. The Morgan fingerprint density at radius 2 is 1.58 bits per heavy atom. The van der Waals surface area contributed by atoms with Crippen LogP contribution in [0.1, 0.15) is 80.5 Å². The van der Waals surface area contributed by atoms with E-state index in [9.17, 15) is 8.78 Å². The van der Waals surface area contributed by atoms with E-state index < -0.39 is 11.6 Å². The minimum absolute atomic E-state index is 0.0493. The zero-order chi connectivity index (χ0) is 21.8. The van der Waals surface area contributed by atoms with Crippen molar-refractivity contribution in [1.29, 1.82) is 0 Å². The topological polar surface area (TPSA) is 0 Å². The zero-order valence-electron chi connectivity index (χ0n) is 18.3. The first kappa shape index (κ1) is 22.0. The molecule has 2 aromatic rings. The van der Waals surface area contributed by atoms with Crippen molar-refractivity contribution in [2.45, 2.75) is 71.1 Å². The van der Waals surface area contributed by atoms with Gasteiger partial charge in [0.25, 0.3) is 0 Å². The minimum Gasteiger partial charge on any atom is -0.205 e. The Balaban J connectivity index is 1.44. The maximum atomic E-state index is 15.1. The lowest BCUT2D eigenvalue weighted by molar-refractivity contribution is 0.182. The molecule has 1 atom stereocenters. The highest BCUT2D eigenvalue weighted by atomic mass is 19.2. The van der Waals surface area contributed by atoms with Gasteiger partial charge in [-0.1, -0.05) is 63.0 Å². The number of hydrogen-bond donors (Lipinski definition) is 0. The third kappa shape index (κ3) is 5.00. The van der Waals surface area contributed by atoms with Gasteiger partial charge < -0.3 is 0 Å². The van der Waals surface area contributed by atoms with Crippen LogP contribution in [0.4, 0.5) is 13.2 Å². The van der Waals surface area contributed by atoms with E-state index in [0.717, 1.165) is 48.3 Å². The molecule has 0 N–H and O–H groups in total. The van der Waals surface area contributed by atoms with E-state index in [1.54, 1.807) is 6.07 Å². The molecule has 2 aromatic carbocycles. The third-order valence-corrected chi connectivity index (χ3v) is 7.39. The summed E-state index contributed by atoms with van der Waals surface area (Å²) >= 11 is 0. The van der Waals surface area contributed by atoms with E-state index >= 15 is 4.39 Å². The predicted octanol–water partition coefficient (Wildman–Crippen LogP) is 7.61. The molecule has 2 aliphatic rings. The largest absolute Gasteiger partial charge is 0.205 e. The highest BCUT2D eigenvalue weighted by molar-refractivity contribution is 5.48. The highest BCUT2D eigenvalue weighted by Gasteiger charge is 2.31. The number of rotatable bonds is 4. The Labute approximate surface area is 184 Å². The molecular weight excluding hydrogens is 393 g/mol. The second-order valence-corrected chi connectivity index (χ2v) is 9.34. The molecule has 0 nitrogen and oxygen atoms in total. The van der Waals surface area contributed by atoms with Crippen molar-refractivity contribution in [3.05, 3.63) is 70.0 Å². The van der Waals surface area contributed by atoms with Crippen molar-refractivity contribution in [2.24, 2.45) is 17.8 Å². The number of benzene rings is 2. The Bertz CT molecular complexity index is 974. The fourth-order valence-electron chi connectivity index (χ4n) is 5.51. The average Bonchev–Trinajstić information content (AvgIpc) is 2.80. The molecule has 0 bridgehead atoms. The molecule has 0 aromatic heterocycles. The van der Waals surface area contributed by atoms with Gasteiger partial charge in [-0.15, -0.1) is 0 Å². The second-order valence-electron chi connectivity index (χ2n) is 9.34. The molecule has 0 aliphatic heterocycles. The maximum absolute atomic E-state index is 15.1. The molecule has 1 fully saturated rings. The molecule has 3 heteroatoms. The van der Waals surface area contributed by atoms with Gasteiger partial charge in [0, 0.05) is 0 Å². The van der Waals surface area contributed by atoms with E-state index in [0.29, 0.717) is 5.92 Å². The van der Waals surface area contributed by atoms with Crippen LogP contribution in [0.15, 0.2) is 30.3 Å². The van der Waals surface area contributed by atoms with Crippen LogP contribution in [0.2, 0.25) is 0 Å². The first-order chi connectivity index (χ1) is 15.1. The lowest BCUT2D eigenvalue weighted by atomic mass is 9.69. The van der Waals surface area contributed by atoms with Crippen molar-refractivity contribution in [1.82, 2.24) is 0 Å². The lowest BCUT2D eigenvalue weighted by Crippen LogP contribution is -2.27. The Morgan fingerprint density at radius 3 is 2.32 bits per heavy atom. The van der Waals surface area contributed by atoms with E-state index in [4.69, 9.17) is 0 Å². The van der Waals surface area contributed by atoms with E-state index in [2.05, 4.69) is 18.8 Å². The summed E-state index contributed by atoms with van der Waals surface area (Å²) in [7, 11) is 0. The summed E-state index contributed by atoms with van der Waals surface area (Å²) in [6, 6.07) is 7.55. The summed E-state index contributed by atoms with van der Waals surface area (Å²) in [4.78, 5) is 0. The quantitative estimate of drug-likeness (QED) is 0.443. The fourth-order valence-corrected chi connectivity index (χ4v) is 5.51. The van der Waals surface area contributed by atoms with Crippen LogP contribution in [-0.4, -0.2) is 0 Å². The molecule has 2 aliphatic carbocycles. The second kappa shape index (κ2) is 9.94. The predicted molar refractivity (Wildman–Crippen MR) is 119 cm³/mol. The van der Waals surface area contributed by atoms with Crippen LogP contribution in [0, 0.1) is 47.0 Å². The molecule has 4 rings (SSSR count). The van der Waals surface area contributed by atoms with Crippen LogP contribution in [-0.2, 0) is 12.8 Å². The van der Waals surface area contributed by atoms with Crippen LogP contribution >= 0.6 is 0 Å². The van der Waals surface area contributed by atoms with Crippen LogP contribution < -0.4 is 0 Å². The lowest BCUT2D eigenvalue weighted by Gasteiger charge is -2.36. The molecule has 164 valence electrons. The van der Waals surface area contributed by atoms with Gasteiger partial charge in [-0.05, 0) is 79.2 Å². The molecular formula is C28H31F3. The Morgan fingerprint density at radius 1 is 0.839 bits per heavy atom. The van der Waals surface area contributed by atoms with Gasteiger partial charge >= 0.3 is 0 Å². The SMILES string of the molecule is CCCCC1CCC(C2CCc3c(ccc(C#Cc4cccc(F)c4F)c3F)C2)CC1. The van der Waals surface area contributed by atoms with Gasteiger partial charge in [0.2, 0.25) is 0 Å². The van der Waals surface area contributed by atoms with E-state index in [1.165, 1.54) is 57.1 Å². The standard InChI is InChI=1S/C28H31F3/c1-2-3-5-19-8-10-20(11-9-19)23-16-17-25-24(18-23)15-14-22(27(25)30)13-12-21-6-4-7-26(29)28(21)31/h4,6-7,14-15,19-20,23H,2-3,5,8-11,16-18H2,1H3. The van der Waals surface area contributed by atoms with Crippen LogP contribution in [0.3, 0.4) is 0 Å². The Kier molecular flexibility index (Phi) is 7.06. The molecule has 0 spiro atoms. The number of unbranched alkanes of at least 4 members (excludes halogenated alkanes) is 1. The van der Waals surface area contributed by atoms with Crippen molar-refractivity contribution in [3.8, 4) is 11.8 Å². The molecule has 1 saturated carbocycles. The third-order valence-electron chi connectivity index (χ3n) is 7.39. The normalized spacial score (nSPS) is 23.0. The molecule has 0 radical (unpaired) electrons. The molecule has 0 saturated heterocycles. The summed E-state index contributed by atoms with van der Waals surface area (Å²) in [5.74, 6) is 5.42. The van der Waals surface area contributed by atoms with Crippen LogP contribution in [0.25, 0.3) is 0 Å². The fraction of sp³-hybridized carbons (Fsp3) is 0.500. The molecule has 1 unspecified atom stereocenters. The maximum Gasteiger partial charge on any atom is 0.174 e. The summed E-state index contributed by atoms with van der Waals surface area (Å²) in [5, 5.41) is 0. The van der Waals surface area contributed by atoms with Crippen molar-refractivity contribution < 1.29 is 13.2 Å². The number of halogens is 3. The van der Waals surface area contributed by atoms with Crippen LogP contribution in [0.5, 0.6) is 0 Å². The van der Waals surface area contributed by atoms with Gasteiger partial charge in [0.15, 0.2) is 11.6 Å². The first-order valence-corrected chi connectivity index (χ1v) is 11.8. The summed E-state index contributed by atoms with van der Waals surface area (Å²) in [6.45, 7) is 2.26. The average molecular weight is 425 g/mol. The first-order valence-electron chi connectivity index (χ1n) is 11.8. The molecule has 0 amide bonds. The van der Waals surface area contributed by atoms with Gasteiger partial charge in [-0.2, -0.15) is 0 Å². The Hall–Kier alpha value is -2.21.